The van der Waals surface area contributed by atoms with Crippen LogP contribution in [-0.4, -0.2) is 29.0 Å². The average molecular weight is 270 g/mol. The van der Waals surface area contributed by atoms with E-state index in [1.165, 1.54) is 0 Å². The van der Waals surface area contributed by atoms with Crippen molar-refractivity contribution < 1.29 is 4.79 Å². The number of rotatable bonds is 4. The van der Waals surface area contributed by atoms with Crippen molar-refractivity contribution in [3.63, 3.8) is 0 Å². The molecule has 1 heterocycles. The molecule has 0 aliphatic heterocycles. The average Bonchev–Trinajstić information content (AvgIpc) is 2.47. The maximum absolute atomic E-state index is 12.3. The number of hydrogen-bond acceptors (Lipinski definition) is 4. The lowest BCUT2D eigenvalue weighted by Gasteiger charge is -2.17. The van der Waals surface area contributed by atoms with Gasteiger partial charge in [0.25, 0.3) is 5.91 Å². The van der Waals surface area contributed by atoms with Crippen LogP contribution in [0.1, 0.15) is 24.2 Å². The highest BCUT2D eigenvalue weighted by Crippen LogP contribution is 2.14. The Morgan fingerprint density at radius 2 is 1.75 bits per heavy atom. The lowest BCUT2D eigenvalue weighted by molar-refractivity contribution is 0.0992. The Kier molecular flexibility index (Phi) is 4.30. The minimum absolute atomic E-state index is 0.132. The summed E-state index contributed by atoms with van der Waals surface area (Å²) in [6.07, 6.45) is 3.08. The summed E-state index contributed by atoms with van der Waals surface area (Å²) < 4.78 is 0. The fourth-order valence-electron chi connectivity index (χ4n) is 1.73. The van der Waals surface area contributed by atoms with E-state index < -0.39 is 0 Å². The Bertz CT molecular complexity index is 566. The first kappa shape index (κ1) is 14.0. The number of amides is 1. The van der Waals surface area contributed by atoms with Crippen LogP contribution in [0.4, 0.5) is 11.6 Å². The fraction of sp³-hybridized carbons (Fsp3) is 0.267. The van der Waals surface area contributed by atoms with Gasteiger partial charge in [0.05, 0.1) is 5.56 Å². The molecule has 5 nitrogen and oxygen atoms in total. The topological polar surface area (TPSA) is 58.1 Å². The van der Waals surface area contributed by atoms with E-state index in [1.54, 1.807) is 24.3 Å². The number of hydrogen-bond donors (Lipinski definition) is 1. The SMILES string of the molecule is CC(C)Nc1ncc(C(=O)N(C)c2ccccc2)cn1. The molecule has 0 spiro atoms. The Balaban J connectivity index is 2.13. The molecule has 5 heteroatoms. The third kappa shape index (κ3) is 3.32. The third-order valence-electron chi connectivity index (χ3n) is 2.76. The summed E-state index contributed by atoms with van der Waals surface area (Å²) in [5, 5.41) is 3.08. The summed E-state index contributed by atoms with van der Waals surface area (Å²) >= 11 is 0. The van der Waals surface area contributed by atoms with E-state index in [1.807, 2.05) is 44.2 Å². The lowest BCUT2D eigenvalue weighted by Crippen LogP contribution is -2.26. The Morgan fingerprint density at radius 1 is 1.15 bits per heavy atom. The van der Waals surface area contributed by atoms with Gasteiger partial charge in [0.15, 0.2) is 0 Å². The molecule has 1 aromatic carbocycles. The number of benzene rings is 1. The number of carbonyl (C=O) groups is 1. The highest BCUT2D eigenvalue weighted by Gasteiger charge is 2.14. The number of aromatic nitrogens is 2. The van der Waals surface area contributed by atoms with Crippen LogP contribution in [0.3, 0.4) is 0 Å². The molecule has 2 rings (SSSR count). The maximum atomic E-state index is 12.3. The zero-order valence-corrected chi connectivity index (χ0v) is 11.9. The summed E-state index contributed by atoms with van der Waals surface area (Å²) in [6.45, 7) is 4.01. The van der Waals surface area contributed by atoms with Gasteiger partial charge in [-0.05, 0) is 26.0 Å². The lowest BCUT2D eigenvalue weighted by atomic mass is 10.2. The predicted molar refractivity (Wildman–Crippen MR) is 80.0 cm³/mol. The molecule has 0 aliphatic rings. The third-order valence-corrected chi connectivity index (χ3v) is 2.76. The summed E-state index contributed by atoms with van der Waals surface area (Å²) in [6, 6.07) is 9.72. The summed E-state index contributed by atoms with van der Waals surface area (Å²) in [5.41, 5.74) is 1.30. The van der Waals surface area contributed by atoms with E-state index in [-0.39, 0.29) is 11.9 Å². The second-order valence-corrected chi connectivity index (χ2v) is 4.79. The van der Waals surface area contributed by atoms with Gasteiger partial charge >= 0.3 is 0 Å². The van der Waals surface area contributed by atoms with Crippen molar-refractivity contribution in [2.75, 3.05) is 17.3 Å². The molecule has 1 N–H and O–H groups in total. The molecule has 0 saturated heterocycles. The largest absolute Gasteiger partial charge is 0.352 e. The van der Waals surface area contributed by atoms with E-state index in [2.05, 4.69) is 15.3 Å². The second-order valence-electron chi connectivity index (χ2n) is 4.79. The van der Waals surface area contributed by atoms with Gasteiger partial charge in [0.2, 0.25) is 5.95 Å². The van der Waals surface area contributed by atoms with Crippen LogP contribution in [0.15, 0.2) is 42.7 Å². The smallest absolute Gasteiger partial charge is 0.261 e. The van der Waals surface area contributed by atoms with Gasteiger partial charge in [-0.15, -0.1) is 0 Å². The summed E-state index contributed by atoms with van der Waals surface area (Å²) in [5.74, 6) is 0.395. The molecule has 0 atom stereocenters. The first-order chi connectivity index (χ1) is 9.58. The van der Waals surface area contributed by atoms with Crippen molar-refractivity contribution in [2.45, 2.75) is 19.9 Å². The maximum Gasteiger partial charge on any atom is 0.261 e. The summed E-state index contributed by atoms with van der Waals surface area (Å²) in [4.78, 5) is 22.2. The van der Waals surface area contributed by atoms with Crippen molar-refractivity contribution in [2.24, 2.45) is 0 Å². The van der Waals surface area contributed by atoms with Gasteiger partial charge in [0.1, 0.15) is 0 Å². The molecule has 2 aromatic rings. The van der Waals surface area contributed by atoms with E-state index in [4.69, 9.17) is 0 Å². The van der Waals surface area contributed by atoms with Gasteiger partial charge in [-0.1, -0.05) is 18.2 Å². The first-order valence-corrected chi connectivity index (χ1v) is 6.49. The van der Waals surface area contributed by atoms with Crippen molar-refractivity contribution in [3.8, 4) is 0 Å². The van der Waals surface area contributed by atoms with Crippen LogP contribution in [0.2, 0.25) is 0 Å². The molecule has 0 bridgehead atoms. The van der Waals surface area contributed by atoms with Crippen LogP contribution in [0.5, 0.6) is 0 Å². The molecule has 104 valence electrons. The zero-order chi connectivity index (χ0) is 14.5. The summed E-state index contributed by atoms with van der Waals surface area (Å²) in [7, 11) is 1.73. The van der Waals surface area contributed by atoms with Gasteiger partial charge in [-0.25, -0.2) is 9.97 Å². The normalized spacial score (nSPS) is 10.4. The van der Waals surface area contributed by atoms with Crippen LogP contribution in [0.25, 0.3) is 0 Å². The standard InChI is InChI=1S/C15H18N4O/c1-11(2)18-15-16-9-12(10-17-15)14(20)19(3)13-7-5-4-6-8-13/h4-11H,1-3H3,(H,16,17,18). The molecule has 1 amide bonds. The highest BCUT2D eigenvalue weighted by atomic mass is 16.2. The number of nitrogens with zero attached hydrogens (tertiary/aromatic N) is 3. The van der Waals surface area contributed by atoms with Gasteiger partial charge in [-0.3, -0.25) is 4.79 Å². The Labute approximate surface area is 118 Å². The van der Waals surface area contributed by atoms with E-state index in [9.17, 15) is 4.79 Å². The molecule has 0 radical (unpaired) electrons. The molecular formula is C15H18N4O. The monoisotopic (exact) mass is 270 g/mol. The molecule has 0 aliphatic carbocycles. The molecule has 1 aromatic heterocycles. The first-order valence-electron chi connectivity index (χ1n) is 6.49. The minimum Gasteiger partial charge on any atom is -0.352 e. The number of para-hydroxylation sites is 1. The number of anilines is 2. The van der Waals surface area contributed by atoms with E-state index in [0.717, 1.165) is 5.69 Å². The van der Waals surface area contributed by atoms with Crippen molar-refractivity contribution in [1.82, 2.24) is 9.97 Å². The van der Waals surface area contributed by atoms with Crippen molar-refractivity contribution >= 4 is 17.5 Å². The van der Waals surface area contributed by atoms with Crippen molar-refractivity contribution in [3.05, 3.63) is 48.3 Å². The Hall–Kier alpha value is -2.43. The van der Waals surface area contributed by atoms with Gasteiger partial charge < -0.3 is 10.2 Å². The van der Waals surface area contributed by atoms with Crippen LogP contribution in [-0.2, 0) is 0 Å². The molecule has 0 unspecified atom stereocenters. The molecule has 0 saturated carbocycles. The number of nitrogens with one attached hydrogen (secondary N) is 1. The van der Waals surface area contributed by atoms with Crippen LogP contribution in [0, 0.1) is 0 Å². The van der Waals surface area contributed by atoms with Gasteiger partial charge in [-0.2, -0.15) is 0 Å². The zero-order valence-electron chi connectivity index (χ0n) is 11.9. The predicted octanol–water partition coefficient (Wildman–Crippen LogP) is 2.57. The van der Waals surface area contributed by atoms with Gasteiger partial charge in [0, 0.05) is 31.2 Å². The van der Waals surface area contributed by atoms with Crippen LogP contribution < -0.4 is 10.2 Å². The second kappa shape index (κ2) is 6.14. The quantitative estimate of drug-likeness (QED) is 0.927. The van der Waals surface area contributed by atoms with E-state index in [0.29, 0.717) is 11.5 Å². The van der Waals surface area contributed by atoms with Crippen LogP contribution >= 0.6 is 0 Å². The Morgan fingerprint density at radius 3 is 2.30 bits per heavy atom. The molecule has 20 heavy (non-hydrogen) atoms. The number of carbonyl (C=O) groups excluding carboxylic acids is 1. The molecule has 0 fully saturated rings. The fourth-order valence-corrected chi connectivity index (χ4v) is 1.73. The highest BCUT2D eigenvalue weighted by molar-refractivity contribution is 6.05. The van der Waals surface area contributed by atoms with E-state index >= 15 is 0 Å². The molecular weight excluding hydrogens is 252 g/mol. The minimum atomic E-state index is -0.132. The van der Waals surface area contributed by atoms with Crippen molar-refractivity contribution in [1.29, 1.82) is 0 Å².